The Kier molecular flexibility index (Phi) is 5.79. The summed E-state index contributed by atoms with van der Waals surface area (Å²) in [6.45, 7) is 4.14. The summed E-state index contributed by atoms with van der Waals surface area (Å²) in [4.78, 5) is 12.3. The number of carbonyl (C=O) groups is 1. The Morgan fingerprint density at radius 2 is 2.10 bits per heavy atom. The van der Waals surface area contributed by atoms with Crippen molar-refractivity contribution in [2.24, 2.45) is 0 Å². The van der Waals surface area contributed by atoms with Crippen LogP contribution < -0.4 is 0 Å². The number of carbonyl (C=O) groups excluding carboxylic acids is 1. The van der Waals surface area contributed by atoms with Gasteiger partial charge in [0.05, 0.1) is 6.26 Å². The molecule has 0 aliphatic carbocycles. The topological polar surface area (TPSA) is 30.2 Å². The highest BCUT2D eigenvalue weighted by Crippen LogP contribution is 2.24. The Hall–Kier alpha value is -1.83. The number of furan rings is 1. The first-order valence-corrected chi connectivity index (χ1v) is 7.87. The summed E-state index contributed by atoms with van der Waals surface area (Å²) < 4.78 is 5.33. The van der Waals surface area contributed by atoms with Crippen molar-refractivity contribution in [1.29, 1.82) is 0 Å². The highest BCUT2D eigenvalue weighted by molar-refractivity contribution is 5.87. The molecule has 0 saturated carbocycles. The minimum Gasteiger partial charge on any atom is -0.464 e. The van der Waals surface area contributed by atoms with Gasteiger partial charge in [0.15, 0.2) is 0 Å². The van der Waals surface area contributed by atoms with E-state index in [1.807, 2.05) is 25.1 Å². The SMILES string of the molecule is CC/C=C\CCCCC(=O)[C@@H](C)c1ccc2occc2c1. The monoisotopic (exact) mass is 284 g/mol. The zero-order valence-corrected chi connectivity index (χ0v) is 13.0. The van der Waals surface area contributed by atoms with E-state index >= 15 is 0 Å². The van der Waals surface area contributed by atoms with E-state index in [-0.39, 0.29) is 5.92 Å². The molecule has 1 aromatic carbocycles. The van der Waals surface area contributed by atoms with Crippen molar-refractivity contribution in [2.45, 2.75) is 51.9 Å². The molecule has 2 aromatic rings. The van der Waals surface area contributed by atoms with Gasteiger partial charge in [-0.2, -0.15) is 0 Å². The van der Waals surface area contributed by atoms with Crippen molar-refractivity contribution in [3.05, 3.63) is 48.2 Å². The van der Waals surface area contributed by atoms with Crippen LogP contribution in [0.4, 0.5) is 0 Å². The van der Waals surface area contributed by atoms with Crippen molar-refractivity contribution < 1.29 is 9.21 Å². The first kappa shape index (κ1) is 15.6. The van der Waals surface area contributed by atoms with E-state index in [1.54, 1.807) is 6.26 Å². The maximum atomic E-state index is 12.3. The van der Waals surface area contributed by atoms with Gasteiger partial charge in [-0.1, -0.05) is 32.1 Å². The maximum Gasteiger partial charge on any atom is 0.140 e. The highest BCUT2D eigenvalue weighted by Gasteiger charge is 2.15. The second kappa shape index (κ2) is 7.82. The number of allylic oxidation sites excluding steroid dienone is 2. The summed E-state index contributed by atoms with van der Waals surface area (Å²) in [5, 5.41) is 1.07. The smallest absolute Gasteiger partial charge is 0.140 e. The first-order chi connectivity index (χ1) is 10.2. The summed E-state index contributed by atoms with van der Waals surface area (Å²) in [5.41, 5.74) is 1.96. The van der Waals surface area contributed by atoms with E-state index < -0.39 is 0 Å². The lowest BCUT2D eigenvalue weighted by Gasteiger charge is -2.10. The van der Waals surface area contributed by atoms with Gasteiger partial charge < -0.3 is 4.42 Å². The molecular formula is C19H24O2. The average Bonchev–Trinajstić information content (AvgIpc) is 2.97. The summed E-state index contributed by atoms with van der Waals surface area (Å²) in [6, 6.07) is 7.95. The van der Waals surface area contributed by atoms with E-state index in [2.05, 4.69) is 25.1 Å². The van der Waals surface area contributed by atoms with E-state index in [9.17, 15) is 4.79 Å². The van der Waals surface area contributed by atoms with Crippen LogP contribution in [-0.4, -0.2) is 5.78 Å². The minimum atomic E-state index is -0.0320. The van der Waals surface area contributed by atoms with Gasteiger partial charge >= 0.3 is 0 Å². The zero-order valence-electron chi connectivity index (χ0n) is 13.0. The fourth-order valence-corrected chi connectivity index (χ4v) is 2.50. The van der Waals surface area contributed by atoms with Crippen LogP contribution in [0.2, 0.25) is 0 Å². The fourth-order valence-electron chi connectivity index (χ4n) is 2.50. The molecule has 0 N–H and O–H groups in total. The van der Waals surface area contributed by atoms with Gasteiger partial charge in [0, 0.05) is 17.7 Å². The maximum absolute atomic E-state index is 12.3. The number of fused-ring (bicyclic) bond motifs is 1. The summed E-state index contributed by atoms with van der Waals surface area (Å²) in [6.07, 6.45) is 11.0. The third-order valence-electron chi connectivity index (χ3n) is 3.91. The van der Waals surface area contributed by atoms with E-state index in [0.29, 0.717) is 12.2 Å². The van der Waals surface area contributed by atoms with Crippen LogP contribution in [0.3, 0.4) is 0 Å². The molecule has 0 amide bonds. The lowest BCUT2D eigenvalue weighted by Crippen LogP contribution is -2.08. The quantitative estimate of drug-likeness (QED) is 0.464. The largest absolute Gasteiger partial charge is 0.464 e. The van der Waals surface area contributed by atoms with Crippen LogP contribution >= 0.6 is 0 Å². The van der Waals surface area contributed by atoms with Crippen LogP contribution in [0.1, 0.15) is 57.4 Å². The average molecular weight is 284 g/mol. The van der Waals surface area contributed by atoms with E-state index in [0.717, 1.165) is 42.2 Å². The van der Waals surface area contributed by atoms with Crippen molar-refractivity contribution in [3.63, 3.8) is 0 Å². The number of hydrogen-bond acceptors (Lipinski definition) is 2. The number of hydrogen-bond donors (Lipinski definition) is 0. The Balaban J connectivity index is 1.85. The molecule has 0 fully saturated rings. The number of unbranched alkanes of at least 4 members (excludes halogenated alkanes) is 2. The molecule has 1 atom stereocenters. The van der Waals surface area contributed by atoms with Gasteiger partial charge in [-0.25, -0.2) is 0 Å². The van der Waals surface area contributed by atoms with Gasteiger partial charge in [0.25, 0.3) is 0 Å². The molecule has 2 heteroatoms. The molecule has 0 radical (unpaired) electrons. The molecular weight excluding hydrogens is 260 g/mol. The van der Waals surface area contributed by atoms with E-state index in [1.165, 1.54) is 0 Å². The number of rotatable bonds is 8. The molecule has 0 spiro atoms. The number of Topliss-reactive ketones (excluding diaryl/α,β-unsaturated/α-hetero) is 1. The first-order valence-electron chi connectivity index (χ1n) is 7.87. The van der Waals surface area contributed by atoms with Crippen LogP contribution in [0.15, 0.2) is 47.1 Å². The molecule has 0 aliphatic rings. The third kappa shape index (κ3) is 4.32. The molecule has 112 valence electrons. The molecule has 0 aliphatic heterocycles. The second-order valence-corrected chi connectivity index (χ2v) is 5.53. The fraction of sp³-hybridized carbons (Fsp3) is 0.421. The lowest BCUT2D eigenvalue weighted by atomic mass is 9.93. The zero-order chi connectivity index (χ0) is 15.1. The van der Waals surface area contributed by atoms with Crippen molar-refractivity contribution in [3.8, 4) is 0 Å². The van der Waals surface area contributed by atoms with Crippen LogP contribution in [0.25, 0.3) is 11.0 Å². The Bertz CT molecular complexity index is 607. The molecule has 2 rings (SSSR count). The Morgan fingerprint density at radius 1 is 1.24 bits per heavy atom. The van der Waals surface area contributed by atoms with Gasteiger partial charge in [-0.05, 0) is 49.4 Å². The van der Waals surface area contributed by atoms with Gasteiger partial charge in [0.2, 0.25) is 0 Å². The van der Waals surface area contributed by atoms with Gasteiger partial charge in [-0.15, -0.1) is 0 Å². The molecule has 0 bridgehead atoms. The summed E-state index contributed by atoms with van der Waals surface area (Å²) >= 11 is 0. The molecule has 21 heavy (non-hydrogen) atoms. The Labute approximate surface area is 126 Å². The number of benzene rings is 1. The molecule has 1 heterocycles. The standard InChI is InChI=1S/C19H24O2/c1-3-4-5-6-7-8-9-18(20)15(2)16-10-11-19-17(14-16)12-13-21-19/h4-5,10-15H,3,6-9H2,1-2H3/b5-4-/t15-/m0/s1. The predicted molar refractivity (Wildman–Crippen MR) is 87.5 cm³/mol. The van der Waals surface area contributed by atoms with E-state index in [4.69, 9.17) is 4.42 Å². The summed E-state index contributed by atoms with van der Waals surface area (Å²) in [7, 11) is 0. The van der Waals surface area contributed by atoms with Crippen molar-refractivity contribution >= 4 is 16.8 Å². The molecule has 1 aromatic heterocycles. The lowest BCUT2D eigenvalue weighted by molar-refractivity contribution is -0.120. The molecule has 0 unspecified atom stereocenters. The minimum absolute atomic E-state index is 0.0320. The van der Waals surface area contributed by atoms with Crippen LogP contribution in [0, 0.1) is 0 Å². The van der Waals surface area contributed by atoms with Crippen molar-refractivity contribution in [1.82, 2.24) is 0 Å². The number of ketones is 1. The molecule has 2 nitrogen and oxygen atoms in total. The summed E-state index contributed by atoms with van der Waals surface area (Å²) in [5.74, 6) is 0.299. The molecule has 0 saturated heterocycles. The third-order valence-corrected chi connectivity index (χ3v) is 3.91. The van der Waals surface area contributed by atoms with Crippen LogP contribution in [0.5, 0.6) is 0 Å². The second-order valence-electron chi connectivity index (χ2n) is 5.53. The predicted octanol–water partition coefficient (Wildman–Crippen LogP) is 5.63. The highest BCUT2D eigenvalue weighted by atomic mass is 16.3. The van der Waals surface area contributed by atoms with Crippen molar-refractivity contribution in [2.75, 3.05) is 0 Å². The van der Waals surface area contributed by atoms with Gasteiger partial charge in [-0.3, -0.25) is 4.79 Å². The van der Waals surface area contributed by atoms with Gasteiger partial charge in [0.1, 0.15) is 11.4 Å². The normalized spacial score (nSPS) is 13.0. The van der Waals surface area contributed by atoms with Crippen LogP contribution in [-0.2, 0) is 4.79 Å². The Morgan fingerprint density at radius 3 is 2.90 bits per heavy atom.